The predicted octanol–water partition coefficient (Wildman–Crippen LogP) is 3.41. The molecule has 3 heterocycles. The predicted molar refractivity (Wildman–Crippen MR) is 126 cm³/mol. The number of halogens is 3. The number of amides is 1. The number of nitrogens with zero attached hydrogens (tertiary/aromatic N) is 5. The van der Waals surface area contributed by atoms with Crippen molar-refractivity contribution in [1.82, 2.24) is 24.2 Å². The van der Waals surface area contributed by atoms with Crippen molar-refractivity contribution in [3.8, 4) is 5.69 Å². The lowest BCUT2D eigenvalue weighted by molar-refractivity contribution is -0.144. The van der Waals surface area contributed by atoms with Crippen LogP contribution in [-0.4, -0.2) is 59.9 Å². The van der Waals surface area contributed by atoms with Crippen molar-refractivity contribution >= 4 is 28.5 Å². The number of carbonyl (C=O) groups is 1. The minimum atomic E-state index is -2.67. The topological polar surface area (TPSA) is 93.2 Å². The average Bonchev–Trinajstić information content (AvgIpc) is 3.26. The first-order chi connectivity index (χ1) is 16.6. The van der Waals surface area contributed by atoms with Gasteiger partial charge in [0, 0.05) is 36.9 Å². The Morgan fingerprint density at radius 3 is 2.43 bits per heavy atom. The fraction of sp³-hybridized carbons (Fsp3) is 0.500. The van der Waals surface area contributed by atoms with Gasteiger partial charge in [0.25, 0.3) is 5.56 Å². The number of aliphatic hydroxyl groups is 1. The van der Waals surface area contributed by atoms with E-state index in [0.29, 0.717) is 34.8 Å². The second kappa shape index (κ2) is 8.98. The van der Waals surface area contributed by atoms with Gasteiger partial charge in [0.2, 0.25) is 11.8 Å². The van der Waals surface area contributed by atoms with E-state index in [0.717, 1.165) is 0 Å². The van der Waals surface area contributed by atoms with Crippen molar-refractivity contribution in [2.24, 2.45) is 5.92 Å². The van der Waals surface area contributed by atoms with Crippen LogP contribution in [-0.2, 0) is 11.3 Å². The van der Waals surface area contributed by atoms with Gasteiger partial charge in [0.1, 0.15) is 11.7 Å². The van der Waals surface area contributed by atoms with Crippen LogP contribution in [0, 0.1) is 5.92 Å². The molecule has 2 aromatic heterocycles. The van der Waals surface area contributed by atoms with E-state index in [1.807, 2.05) is 0 Å². The second-order valence-electron chi connectivity index (χ2n) is 9.63. The number of rotatable bonds is 4. The van der Waals surface area contributed by atoms with Crippen molar-refractivity contribution < 1.29 is 18.7 Å². The molecule has 0 radical (unpaired) electrons. The summed E-state index contributed by atoms with van der Waals surface area (Å²) >= 11 is 5.95. The van der Waals surface area contributed by atoms with Gasteiger partial charge in [-0.2, -0.15) is 5.10 Å². The summed E-state index contributed by atoms with van der Waals surface area (Å²) in [5.41, 5.74) is -0.377. The molecule has 1 N–H and O–H groups in total. The fourth-order valence-electron chi connectivity index (χ4n) is 5.00. The highest BCUT2D eigenvalue weighted by Gasteiger charge is 2.41. The minimum Gasteiger partial charge on any atom is -0.388 e. The van der Waals surface area contributed by atoms with Crippen LogP contribution in [0.25, 0.3) is 16.7 Å². The third-order valence-corrected chi connectivity index (χ3v) is 7.41. The van der Waals surface area contributed by atoms with Gasteiger partial charge in [-0.3, -0.25) is 14.2 Å². The van der Waals surface area contributed by atoms with Gasteiger partial charge in [0.05, 0.1) is 24.0 Å². The van der Waals surface area contributed by atoms with Crippen LogP contribution in [0.1, 0.15) is 38.5 Å². The van der Waals surface area contributed by atoms with E-state index in [1.165, 1.54) is 17.1 Å². The highest BCUT2D eigenvalue weighted by molar-refractivity contribution is 6.30. The molecular formula is C24H26ClF2N5O3. The monoisotopic (exact) mass is 505 g/mol. The van der Waals surface area contributed by atoms with Crippen molar-refractivity contribution in [3.63, 3.8) is 0 Å². The van der Waals surface area contributed by atoms with Gasteiger partial charge in [-0.05, 0) is 49.9 Å². The van der Waals surface area contributed by atoms with Crippen molar-refractivity contribution in [2.45, 2.75) is 56.6 Å². The SMILES string of the molecule is O=C(C1CCC(F)(F)CC1)N1CCC(O)(Cn2cnc3c(cnn3-c3ccc(Cl)cc3)c2=O)CC1. The van der Waals surface area contributed by atoms with E-state index in [9.17, 15) is 23.5 Å². The van der Waals surface area contributed by atoms with Crippen LogP contribution in [0.15, 0.2) is 41.6 Å². The van der Waals surface area contributed by atoms with Crippen LogP contribution < -0.4 is 5.56 Å². The number of alkyl halides is 2. The van der Waals surface area contributed by atoms with Crippen LogP contribution in [0.3, 0.4) is 0 Å². The smallest absolute Gasteiger partial charge is 0.264 e. The summed E-state index contributed by atoms with van der Waals surface area (Å²) in [5, 5.41) is 16.4. The van der Waals surface area contributed by atoms with Crippen molar-refractivity contribution in [3.05, 3.63) is 52.2 Å². The molecule has 1 amide bonds. The van der Waals surface area contributed by atoms with Gasteiger partial charge in [0.15, 0.2) is 5.65 Å². The summed E-state index contributed by atoms with van der Waals surface area (Å²) in [6.07, 6.45) is 3.30. The van der Waals surface area contributed by atoms with Gasteiger partial charge in [-0.15, -0.1) is 0 Å². The minimum absolute atomic E-state index is 0.0403. The van der Waals surface area contributed by atoms with Crippen LogP contribution in [0.2, 0.25) is 5.02 Å². The maximum Gasteiger partial charge on any atom is 0.264 e. The quantitative estimate of drug-likeness (QED) is 0.586. The normalized spacial score (nSPS) is 20.3. The van der Waals surface area contributed by atoms with Crippen LogP contribution in [0.4, 0.5) is 8.78 Å². The molecular weight excluding hydrogens is 480 g/mol. The molecule has 0 unspecified atom stereocenters. The maximum absolute atomic E-state index is 13.4. The molecule has 1 saturated carbocycles. The zero-order chi connectivity index (χ0) is 24.8. The largest absolute Gasteiger partial charge is 0.388 e. The zero-order valence-electron chi connectivity index (χ0n) is 19.0. The fourth-order valence-corrected chi connectivity index (χ4v) is 5.12. The number of piperidine rings is 1. The Labute approximate surface area is 205 Å². The zero-order valence-corrected chi connectivity index (χ0v) is 19.8. The van der Waals surface area contributed by atoms with E-state index in [4.69, 9.17) is 11.6 Å². The van der Waals surface area contributed by atoms with E-state index < -0.39 is 11.5 Å². The Morgan fingerprint density at radius 1 is 1.11 bits per heavy atom. The molecule has 1 aliphatic heterocycles. The molecule has 3 aromatic rings. The molecule has 0 atom stereocenters. The molecule has 0 bridgehead atoms. The average molecular weight is 506 g/mol. The standard InChI is InChI=1S/C24H26ClF2N5O3/c25-17-1-3-18(4-2-17)32-20-19(13-29-32)22(34)31(15-28-20)14-23(35)9-11-30(12-10-23)21(33)16-5-7-24(26,27)8-6-16/h1-4,13,15-16,35H,5-12,14H2. The van der Waals surface area contributed by atoms with Gasteiger partial charge in [-0.1, -0.05) is 11.6 Å². The summed E-state index contributed by atoms with van der Waals surface area (Å²) in [6.45, 7) is 0.681. The lowest BCUT2D eigenvalue weighted by Gasteiger charge is -2.40. The van der Waals surface area contributed by atoms with Crippen molar-refractivity contribution in [1.29, 1.82) is 0 Å². The first-order valence-electron chi connectivity index (χ1n) is 11.7. The molecule has 186 valence electrons. The van der Waals surface area contributed by atoms with Crippen LogP contribution in [0.5, 0.6) is 0 Å². The second-order valence-corrected chi connectivity index (χ2v) is 10.1. The number of hydrogen-bond acceptors (Lipinski definition) is 5. The molecule has 0 spiro atoms. The highest BCUT2D eigenvalue weighted by Crippen LogP contribution is 2.37. The van der Waals surface area contributed by atoms with Crippen LogP contribution >= 0.6 is 11.6 Å². The number of aromatic nitrogens is 4. The van der Waals surface area contributed by atoms with Crippen molar-refractivity contribution in [2.75, 3.05) is 13.1 Å². The number of carbonyl (C=O) groups excluding carboxylic acids is 1. The number of hydrogen-bond donors (Lipinski definition) is 1. The number of fused-ring (bicyclic) bond motifs is 1. The summed E-state index contributed by atoms with van der Waals surface area (Å²) < 4.78 is 29.8. The van der Waals surface area contributed by atoms with Gasteiger partial charge in [-0.25, -0.2) is 18.4 Å². The third kappa shape index (κ3) is 4.81. The molecule has 11 heteroatoms. The van der Waals surface area contributed by atoms with E-state index >= 15 is 0 Å². The number of likely N-dealkylation sites (tertiary alicyclic amines) is 1. The summed E-state index contributed by atoms with van der Waals surface area (Å²) in [6, 6.07) is 7.00. The highest BCUT2D eigenvalue weighted by atomic mass is 35.5. The molecule has 5 rings (SSSR count). The first-order valence-corrected chi connectivity index (χ1v) is 12.1. The van der Waals surface area contributed by atoms with E-state index in [1.54, 1.807) is 33.8 Å². The molecule has 1 saturated heterocycles. The van der Waals surface area contributed by atoms with E-state index in [2.05, 4.69) is 10.1 Å². The molecule has 2 fully saturated rings. The summed E-state index contributed by atoms with van der Waals surface area (Å²) in [7, 11) is 0. The Bertz CT molecular complexity index is 1290. The lowest BCUT2D eigenvalue weighted by Crippen LogP contribution is -2.51. The molecule has 1 aliphatic carbocycles. The first kappa shape index (κ1) is 23.9. The third-order valence-electron chi connectivity index (χ3n) is 7.16. The summed E-state index contributed by atoms with van der Waals surface area (Å²) in [5.74, 6) is -3.17. The van der Waals surface area contributed by atoms with E-state index in [-0.39, 0.29) is 62.5 Å². The lowest BCUT2D eigenvalue weighted by atomic mass is 9.84. The Balaban J connectivity index is 1.26. The Hall–Kier alpha value is -2.85. The summed E-state index contributed by atoms with van der Waals surface area (Å²) in [4.78, 5) is 31.9. The van der Waals surface area contributed by atoms with Gasteiger partial charge >= 0.3 is 0 Å². The molecule has 2 aliphatic rings. The van der Waals surface area contributed by atoms with Gasteiger partial charge < -0.3 is 10.0 Å². The number of benzene rings is 1. The molecule has 8 nitrogen and oxygen atoms in total. The Morgan fingerprint density at radius 2 is 1.77 bits per heavy atom. The maximum atomic E-state index is 13.4. The Kier molecular flexibility index (Phi) is 6.13. The molecule has 1 aromatic carbocycles. The molecule has 35 heavy (non-hydrogen) atoms.